The molecule has 0 amide bonds. The minimum atomic E-state index is 1.34. The van der Waals surface area contributed by atoms with E-state index in [0.717, 1.165) is 0 Å². The van der Waals surface area contributed by atoms with Gasteiger partial charge in [0.05, 0.1) is 0 Å². The Morgan fingerprint density at radius 2 is 2.10 bits per heavy atom. The highest BCUT2D eigenvalue weighted by Gasteiger charge is 1.93. The van der Waals surface area contributed by atoms with Gasteiger partial charge in [0.25, 0.3) is 0 Å². The number of thioether (sulfide) groups is 1. The minimum Gasteiger partial charge on any atom is -0.129 e. The van der Waals surface area contributed by atoms with Crippen molar-refractivity contribution in [3.63, 3.8) is 0 Å². The topological polar surface area (TPSA) is 0 Å². The highest BCUT2D eigenvalue weighted by molar-refractivity contribution is 7.98. The smallest absolute Gasteiger partial charge is 0.129 e. The van der Waals surface area contributed by atoms with Crippen molar-refractivity contribution < 1.29 is 0 Å². The zero-order valence-corrected chi connectivity index (χ0v) is 7.46. The zero-order valence-electron chi connectivity index (χ0n) is 6.64. The van der Waals surface area contributed by atoms with Crippen LogP contribution in [0.2, 0.25) is 0 Å². The highest BCUT2D eigenvalue weighted by atomic mass is 32.2. The van der Waals surface area contributed by atoms with Crippen molar-refractivity contribution in [2.75, 3.05) is 6.26 Å². The molecule has 1 rings (SSSR count). The molecule has 2 heteroatoms. The molecular weight excluding hydrogens is 139 g/mol. The number of rotatable bonds is 1. The molecule has 0 radical (unpaired) electrons. The lowest BCUT2D eigenvalue weighted by atomic mass is 9.95. The second-order valence-corrected chi connectivity index (χ2v) is 3.32. The van der Waals surface area contributed by atoms with Gasteiger partial charge in [-0.1, -0.05) is 17.6 Å². The van der Waals surface area contributed by atoms with Gasteiger partial charge in [-0.05, 0) is 24.8 Å². The second-order valence-electron chi connectivity index (χ2n) is 2.47. The third-order valence-electron chi connectivity index (χ3n) is 1.55. The van der Waals surface area contributed by atoms with Gasteiger partial charge in [-0.2, -0.15) is 0 Å². The summed E-state index contributed by atoms with van der Waals surface area (Å²) in [5.74, 6) is 0. The van der Waals surface area contributed by atoms with Crippen molar-refractivity contribution in [3.05, 3.63) is 23.8 Å². The maximum Gasteiger partial charge on any atom is 0.139 e. The molecule has 0 aliphatic heterocycles. The zero-order chi connectivity index (χ0) is 7.56. The maximum atomic E-state index is 2.21. The Labute approximate surface area is 67.4 Å². The number of aryl methyl sites for hydroxylation is 1. The lowest BCUT2D eigenvalue weighted by molar-refractivity contribution is 1.32. The SMILES string of the molecule is Bc1ccc(SC)c(C)c1. The van der Waals surface area contributed by atoms with Crippen molar-refractivity contribution in [1.29, 1.82) is 0 Å². The average molecular weight is 150 g/mol. The van der Waals surface area contributed by atoms with Crippen LogP contribution in [0.3, 0.4) is 0 Å². The first-order valence-electron chi connectivity index (χ1n) is 3.35. The highest BCUT2D eigenvalue weighted by Crippen LogP contribution is 2.16. The Hall–Kier alpha value is -0.365. The van der Waals surface area contributed by atoms with Gasteiger partial charge in [-0.3, -0.25) is 0 Å². The summed E-state index contributed by atoms with van der Waals surface area (Å²) in [6, 6.07) is 6.54. The fourth-order valence-corrected chi connectivity index (χ4v) is 1.61. The average Bonchev–Trinajstić information content (AvgIpc) is 1.88. The summed E-state index contributed by atoms with van der Waals surface area (Å²) in [6.45, 7) is 2.15. The number of hydrogen-bond acceptors (Lipinski definition) is 1. The van der Waals surface area contributed by atoms with Crippen molar-refractivity contribution in [2.45, 2.75) is 11.8 Å². The van der Waals surface area contributed by atoms with Gasteiger partial charge in [0.15, 0.2) is 0 Å². The summed E-state index contributed by atoms with van der Waals surface area (Å²) in [6.07, 6.45) is 2.11. The summed E-state index contributed by atoms with van der Waals surface area (Å²) >= 11 is 1.80. The van der Waals surface area contributed by atoms with E-state index in [0.29, 0.717) is 0 Å². The Bertz CT molecular complexity index is 233. The van der Waals surface area contributed by atoms with Crippen molar-refractivity contribution in [2.24, 2.45) is 0 Å². The van der Waals surface area contributed by atoms with Crippen LogP contribution in [0.5, 0.6) is 0 Å². The molecule has 0 spiro atoms. The van der Waals surface area contributed by atoms with Crippen LogP contribution in [0.15, 0.2) is 23.1 Å². The second kappa shape index (κ2) is 3.15. The lowest BCUT2D eigenvalue weighted by Gasteiger charge is -2.01. The fourth-order valence-electron chi connectivity index (χ4n) is 1.03. The number of hydrogen-bond donors (Lipinski definition) is 0. The Balaban J connectivity index is 3.07. The van der Waals surface area contributed by atoms with E-state index in [1.807, 2.05) is 0 Å². The third kappa shape index (κ3) is 1.57. The minimum absolute atomic E-state index is 1.34. The molecule has 0 fully saturated rings. The quantitative estimate of drug-likeness (QED) is 0.424. The van der Waals surface area contributed by atoms with Gasteiger partial charge in [0, 0.05) is 4.90 Å². The third-order valence-corrected chi connectivity index (χ3v) is 2.45. The maximum absolute atomic E-state index is 2.21. The summed E-state index contributed by atoms with van der Waals surface area (Å²) < 4.78 is 0. The van der Waals surface area contributed by atoms with Crippen LogP contribution in [-0.2, 0) is 0 Å². The van der Waals surface area contributed by atoms with Crippen molar-refractivity contribution in [1.82, 2.24) is 0 Å². The molecule has 0 aliphatic rings. The molecule has 0 heterocycles. The predicted octanol–water partition coefficient (Wildman–Crippen LogP) is 0.975. The molecule has 1 aromatic rings. The van der Waals surface area contributed by atoms with Crippen LogP contribution >= 0.6 is 11.8 Å². The van der Waals surface area contributed by atoms with E-state index in [1.54, 1.807) is 11.8 Å². The van der Waals surface area contributed by atoms with E-state index in [1.165, 1.54) is 15.9 Å². The number of benzene rings is 1. The van der Waals surface area contributed by atoms with Gasteiger partial charge in [-0.15, -0.1) is 11.8 Å². The van der Waals surface area contributed by atoms with Crippen LogP contribution < -0.4 is 5.46 Å². The first-order chi connectivity index (χ1) is 4.74. The van der Waals surface area contributed by atoms with E-state index < -0.39 is 0 Å². The summed E-state index contributed by atoms with van der Waals surface area (Å²) in [7, 11) is 2.12. The van der Waals surface area contributed by atoms with Crippen LogP contribution in [0.25, 0.3) is 0 Å². The molecule has 10 heavy (non-hydrogen) atoms. The van der Waals surface area contributed by atoms with Crippen LogP contribution in [0.4, 0.5) is 0 Å². The largest absolute Gasteiger partial charge is 0.139 e. The fraction of sp³-hybridized carbons (Fsp3) is 0.250. The standard InChI is InChI=1S/C8H11BS/c1-6-5-7(9)3-4-8(6)10-2/h3-5H,9H2,1-2H3. The molecule has 52 valence electrons. The molecule has 0 atom stereocenters. The lowest BCUT2D eigenvalue weighted by Crippen LogP contribution is -2.01. The Morgan fingerprint density at radius 3 is 2.60 bits per heavy atom. The van der Waals surface area contributed by atoms with Gasteiger partial charge < -0.3 is 0 Å². The van der Waals surface area contributed by atoms with Gasteiger partial charge in [-0.25, -0.2) is 0 Å². The van der Waals surface area contributed by atoms with Crippen LogP contribution in [0.1, 0.15) is 5.56 Å². The first-order valence-corrected chi connectivity index (χ1v) is 4.58. The molecule has 0 N–H and O–H groups in total. The van der Waals surface area contributed by atoms with E-state index in [9.17, 15) is 0 Å². The van der Waals surface area contributed by atoms with E-state index in [2.05, 4.69) is 39.2 Å². The van der Waals surface area contributed by atoms with Gasteiger partial charge in [0.1, 0.15) is 7.85 Å². The summed E-state index contributed by atoms with van der Waals surface area (Å²) in [4.78, 5) is 1.38. The molecule has 0 aromatic heterocycles. The monoisotopic (exact) mass is 150 g/mol. The van der Waals surface area contributed by atoms with E-state index >= 15 is 0 Å². The molecule has 0 bridgehead atoms. The predicted molar refractivity (Wildman–Crippen MR) is 51.1 cm³/mol. The van der Waals surface area contributed by atoms with Crippen LogP contribution in [-0.4, -0.2) is 14.1 Å². The Morgan fingerprint density at radius 1 is 1.40 bits per heavy atom. The van der Waals surface area contributed by atoms with Crippen molar-refractivity contribution in [3.8, 4) is 0 Å². The first kappa shape index (κ1) is 7.74. The molecule has 0 nitrogen and oxygen atoms in total. The van der Waals surface area contributed by atoms with Gasteiger partial charge >= 0.3 is 0 Å². The molecule has 0 aliphatic carbocycles. The molecule has 0 saturated heterocycles. The molecule has 0 unspecified atom stereocenters. The van der Waals surface area contributed by atoms with E-state index in [-0.39, 0.29) is 0 Å². The summed E-state index contributed by atoms with van der Waals surface area (Å²) in [5, 5.41) is 0. The van der Waals surface area contributed by atoms with Gasteiger partial charge in [0.2, 0.25) is 0 Å². The van der Waals surface area contributed by atoms with Crippen LogP contribution in [0, 0.1) is 6.92 Å². The van der Waals surface area contributed by atoms with E-state index in [4.69, 9.17) is 0 Å². The molecule has 1 aromatic carbocycles. The normalized spacial score (nSPS) is 9.80. The summed E-state index contributed by atoms with van der Waals surface area (Å²) in [5.41, 5.74) is 2.72. The molecular formula is C8H11BS. The Kier molecular flexibility index (Phi) is 2.44. The van der Waals surface area contributed by atoms with Crippen molar-refractivity contribution >= 4 is 25.1 Å². The molecule has 0 saturated carbocycles.